The van der Waals surface area contributed by atoms with Gasteiger partial charge in [-0.15, -0.1) is 0 Å². The van der Waals surface area contributed by atoms with Crippen LogP contribution < -0.4 is 4.74 Å². The van der Waals surface area contributed by atoms with E-state index in [-0.39, 0.29) is 17.3 Å². The van der Waals surface area contributed by atoms with Crippen LogP contribution in [0, 0.1) is 0 Å². The first-order valence-corrected chi connectivity index (χ1v) is 5.30. The lowest BCUT2D eigenvalue weighted by Crippen LogP contribution is -2.02. The summed E-state index contributed by atoms with van der Waals surface area (Å²) in [5.74, 6) is -0.907. The monoisotopic (exact) mass is 298 g/mol. The Bertz CT molecular complexity index is 569. The maximum Gasteiger partial charge on any atom is 0.340 e. The molecule has 7 nitrogen and oxygen atoms in total. The quantitative estimate of drug-likeness (QED) is 0.922. The fraction of sp³-hybridized carbons (Fsp3) is 0.111. The van der Waals surface area contributed by atoms with Crippen molar-refractivity contribution in [3.63, 3.8) is 0 Å². The summed E-state index contributed by atoms with van der Waals surface area (Å²) in [6, 6.07) is 4.77. The van der Waals surface area contributed by atoms with E-state index in [0.29, 0.717) is 4.47 Å². The minimum Gasteiger partial charge on any atom is -0.478 e. The number of carboxylic acids is 1. The minimum absolute atomic E-state index is 0.0300. The van der Waals surface area contributed by atoms with Gasteiger partial charge < -0.3 is 9.84 Å². The Kier molecular flexibility index (Phi) is 3.05. The van der Waals surface area contributed by atoms with Crippen LogP contribution in [0.2, 0.25) is 0 Å². The lowest BCUT2D eigenvalue weighted by molar-refractivity contribution is 0.0694. The van der Waals surface area contributed by atoms with Crippen molar-refractivity contribution < 1.29 is 14.6 Å². The molecule has 1 N–H and O–H groups in total. The smallest absolute Gasteiger partial charge is 0.340 e. The third-order valence-electron chi connectivity index (χ3n) is 1.95. The van der Waals surface area contributed by atoms with Crippen molar-refractivity contribution in [1.29, 1.82) is 0 Å². The summed E-state index contributed by atoms with van der Waals surface area (Å²) in [4.78, 5) is 11.0. The SMILES string of the molecule is Cn1nnnc1Oc1ccc(Br)cc1C(=O)O. The summed E-state index contributed by atoms with van der Waals surface area (Å²) in [6.45, 7) is 0. The van der Waals surface area contributed by atoms with Gasteiger partial charge in [-0.1, -0.05) is 21.0 Å². The molecule has 2 rings (SSSR count). The molecule has 0 radical (unpaired) electrons. The standard InChI is InChI=1S/C9H7BrN4O3/c1-14-9(11-12-13-14)17-7-3-2-5(10)4-6(7)8(15)16/h2-4H,1H3,(H,15,16). The maximum absolute atomic E-state index is 11.0. The number of ether oxygens (including phenoxy) is 1. The summed E-state index contributed by atoms with van der Waals surface area (Å²) >= 11 is 3.19. The lowest BCUT2D eigenvalue weighted by Gasteiger charge is -2.06. The summed E-state index contributed by atoms with van der Waals surface area (Å²) in [6.07, 6.45) is 0. The molecule has 0 fully saturated rings. The van der Waals surface area contributed by atoms with E-state index in [9.17, 15) is 4.79 Å². The first kappa shape index (κ1) is 11.5. The number of hydrogen-bond acceptors (Lipinski definition) is 5. The molecule has 1 aromatic heterocycles. The lowest BCUT2D eigenvalue weighted by atomic mass is 10.2. The summed E-state index contributed by atoms with van der Waals surface area (Å²) in [7, 11) is 1.59. The van der Waals surface area contributed by atoms with E-state index >= 15 is 0 Å². The Balaban J connectivity index is 2.39. The predicted molar refractivity (Wildman–Crippen MR) is 60.0 cm³/mol. The molecular formula is C9H7BrN4O3. The third kappa shape index (κ3) is 2.41. The van der Waals surface area contributed by atoms with Gasteiger partial charge in [-0.25, -0.2) is 4.79 Å². The average molecular weight is 299 g/mol. The number of aromatic nitrogens is 4. The number of halogens is 1. The van der Waals surface area contributed by atoms with Crippen LogP contribution in [0.25, 0.3) is 0 Å². The zero-order chi connectivity index (χ0) is 12.4. The number of tetrazole rings is 1. The van der Waals surface area contributed by atoms with Gasteiger partial charge >= 0.3 is 12.0 Å². The maximum atomic E-state index is 11.0. The Morgan fingerprint density at radius 1 is 1.53 bits per heavy atom. The highest BCUT2D eigenvalue weighted by molar-refractivity contribution is 9.10. The van der Waals surface area contributed by atoms with Crippen LogP contribution in [0.4, 0.5) is 0 Å². The van der Waals surface area contributed by atoms with Gasteiger partial charge in [-0.05, 0) is 28.6 Å². The molecule has 1 heterocycles. The van der Waals surface area contributed by atoms with Crippen molar-refractivity contribution in [3.8, 4) is 11.8 Å². The van der Waals surface area contributed by atoms with Crippen LogP contribution in [0.3, 0.4) is 0 Å². The molecule has 0 spiro atoms. The first-order valence-electron chi connectivity index (χ1n) is 4.51. The molecule has 0 bridgehead atoms. The van der Waals surface area contributed by atoms with Crippen molar-refractivity contribution in [3.05, 3.63) is 28.2 Å². The normalized spacial score (nSPS) is 10.2. The van der Waals surface area contributed by atoms with Crippen LogP contribution >= 0.6 is 15.9 Å². The van der Waals surface area contributed by atoms with Gasteiger partial charge in [0.25, 0.3) is 0 Å². The van der Waals surface area contributed by atoms with E-state index in [0.717, 1.165) is 0 Å². The number of carboxylic acid groups (broad SMARTS) is 1. The fourth-order valence-electron chi connectivity index (χ4n) is 1.16. The second kappa shape index (κ2) is 4.50. The van der Waals surface area contributed by atoms with E-state index in [4.69, 9.17) is 9.84 Å². The average Bonchev–Trinajstić information content (AvgIpc) is 2.67. The predicted octanol–water partition coefficient (Wildman–Crippen LogP) is 1.46. The number of nitrogens with zero attached hydrogens (tertiary/aromatic N) is 4. The largest absolute Gasteiger partial charge is 0.478 e. The molecule has 0 aliphatic heterocycles. The summed E-state index contributed by atoms with van der Waals surface area (Å²) in [5, 5.41) is 19.6. The molecular weight excluding hydrogens is 292 g/mol. The number of aryl methyl sites for hydroxylation is 1. The molecule has 0 aliphatic carbocycles. The van der Waals surface area contributed by atoms with Gasteiger partial charge in [-0.3, -0.25) is 0 Å². The van der Waals surface area contributed by atoms with Crippen molar-refractivity contribution >= 4 is 21.9 Å². The Hall–Kier alpha value is -1.96. The number of rotatable bonds is 3. The first-order chi connectivity index (χ1) is 8.08. The molecule has 0 saturated heterocycles. The third-order valence-corrected chi connectivity index (χ3v) is 2.45. The molecule has 1 aromatic carbocycles. The van der Waals surface area contributed by atoms with Crippen molar-refractivity contribution in [2.75, 3.05) is 0 Å². The second-order valence-electron chi connectivity index (χ2n) is 3.13. The van der Waals surface area contributed by atoms with E-state index in [1.165, 1.54) is 16.8 Å². The van der Waals surface area contributed by atoms with Crippen LogP contribution in [0.15, 0.2) is 22.7 Å². The van der Waals surface area contributed by atoms with Gasteiger partial charge in [-0.2, -0.15) is 4.68 Å². The fourth-order valence-corrected chi connectivity index (χ4v) is 1.53. The molecule has 0 unspecified atom stereocenters. The number of hydrogen-bond donors (Lipinski definition) is 1. The molecule has 8 heteroatoms. The molecule has 2 aromatic rings. The minimum atomic E-state index is -1.09. The number of benzene rings is 1. The Morgan fingerprint density at radius 3 is 2.88 bits per heavy atom. The highest BCUT2D eigenvalue weighted by Crippen LogP contribution is 2.26. The van der Waals surface area contributed by atoms with E-state index in [1.807, 2.05) is 0 Å². The highest BCUT2D eigenvalue weighted by atomic mass is 79.9. The van der Waals surface area contributed by atoms with Gasteiger partial charge in [0.05, 0.1) is 0 Å². The second-order valence-corrected chi connectivity index (χ2v) is 4.05. The van der Waals surface area contributed by atoms with E-state index in [2.05, 4.69) is 31.5 Å². The highest BCUT2D eigenvalue weighted by Gasteiger charge is 2.14. The van der Waals surface area contributed by atoms with Crippen LogP contribution in [-0.2, 0) is 7.05 Å². The van der Waals surface area contributed by atoms with Crippen LogP contribution in [-0.4, -0.2) is 31.3 Å². The van der Waals surface area contributed by atoms with Crippen LogP contribution in [0.5, 0.6) is 11.8 Å². The molecule has 0 amide bonds. The Labute approximate surface area is 104 Å². The van der Waals surface area contributed by atoms with Crippen molar-refractivity contribution in [2.24, 2.45) is 7.05 Å². The Morgan fingerprint density at radius 2 is 2.29 bits per heavy atom. The number of carbonyl (C=O) groups is 1. The molecule has 0 saturated carbocycles. The van der Waals surface area contributed by atoms with E-state index in [1.54, 1.807) is 13.1 Å². The van der Waals surface area contributed by atoms with Gasteiger partial charge in [0, 0.05) is 11.5 Å². The van der Waals surface area contributed by atoms with Gasteiger partial charge in [0.1, 0.15) is 11.3 Å². The topological polar surface area (TPSA) is 90.1 Å². The zero-order valence-electron chi connectivity index (χ0n) is 8.66. The van der Waals surface area contributed by atoms with Gasteiger partial charge in [0.2, 0.25) is 0 Å². The number of aromatic carboxylic acids is 1. The molecule has 0 aliphatic rings. The summed E-state index contributed by atoms with van der Waals surface area (Å²) in [5.41, 5.74) is 0.0300. The van der Waals surface area contributed by atoms with Crippen molar-refractivity contribution in [1.82, 2.24) is 20.2 Å². The molecule has 0 atom stereocenters. The molecule has 88 valence electrons. The summed E-state index contributed by atoms with van der Waals surface area (Å²) < 4.78 is 7.27. The molecule has 17 heavy (non-hydrogen) atoms. The van der Waals surface area contributed by atoms with Crippen molar-refractivity contribution in [2.45, 2.75) is 0 Å². The van der Waals surface area contributed by atoms with Gasteiger partial charge in [0.15, 0.2) is 0 Å². The van der Waals surface area contributed by atoms with E-state index < -0.39 is 5.97 Å². The zero-order valence-corrected chi connectivity index (χ0v) is 10.2. The van der Waals surface area contributed by atoms with Crippen LogP contribution in [0.1, 0.15) is 10.4 Å².